The predicted octanol–water partition coefficient (Wildman–Crippen LogP) is 4.18. The van der Waals surface area contributed by atoms with Crippen molar-refractivity contribution in [3.63, 3.8) is 0 Å². The van der Waals surface area contributed by atoms with E-state index in [1.165, 1.54) is 17.5 Å². The Morgan fingerprint density at radius 1 is 1.04 bits per heavy atom. The first-order chi connectivity index (χ1) is 12.7. The van der Waals surface area contributed by atoms with Crippen molar-refractivity contribution in [2.24, 2.45) is 0 Å². The molecule has 2 aromatic carbocycles. The molecule has 1 fully saturated rings. The van der Waals surface area contributed by atoms with Gasteiger partial charge in [-0.1, -0.05) is 24.3 Å². The van der Waals surface area contributed by atoms with Crippen molar-refractivity contribution in [1.29, 1.82) is 0 Å². The van der Waals surface area contributed by atoms with Crippen LogP contribution >= 0.6 is 12.2 Å². The van der Waals surface area contributed by atoms with Crippen molar-refractivity contribution in [1.82, 2.24) is 5.32 Å². The number of benzene rings is 2. The topological polar surface area (TPSA) is 44.4 Å². The maximum absolute atomic E-state index is 11.8. The maximum atomic E-state index is 11.8. The second kappa shape index (κ2) is 7.46. The summed E-state index contributed by atoms with van der Waals surface area (Å²) >= 11 is 5.52. The molecule has 0 bridgehead atoms. The Hall–Kier alpha value is -2.40. The Morgan fingerprint density at radius 2 is 1.85 bits per heavy atom. The number of carbonyl (C=O) groups excluding carboxylic acids is 1. The molecule has 1 amide bonds. The first-order valence-corrected chi connectivity index (χ1v) is 9.67. The highest BCUT2D eigenvalue weighted by molar-refractivity contribution is 7.80. The zero-order valence-corrected chi connectivity index (χ0v) is 15.5. The average Bonchev–Trinajstić information content (AvgIpc) is 3.09. The van der Waals surface area contributed by atoms with Gasteiger partial charge in [0.15, 0.2) is 5.11 Å². The molecule has 0 saturated carbocycles. The van der Waals surface area contributed by atoms with E-state index in [1.54, 1.807) is 0 Å². The van der Waals surface area contributed by atoms with Crippen LogP contribution in [0.1, 0.15) is 42.9 Å². The number of anilines is 2. The van der Waals surface area contributed by atoms with Gasteiger partial charge in [-0.05, 0) is 73.3 Å². The maximum Gasteiger partial charge on any atom is 0.227 e. The highest BCUT2D eigenvalue weighted by Gasteiger charge is 2.22. The molecule has 2 N–H and O–H groups in total. The number of aryl methyl sites for hydroxylation is 1. The summed E-state index contributed by atoms with van der Waals surface area (Å²) in [5.41, 5.74) is 4.66. The Kier molecular flexibility index (Phi) is 4.89. The number of thiocarbonyl (C=S) groups is 1. The molecule has 0 unspecified atom stereocenters. The fourth-order valence-corrected chi connectivity index (χ4v) is 4.14. The zero-order chi connectivity index (χ0) is 17.9. The van der Waals surface area contributed by atoms with Gasteiger partial charge in [0.1, 0.15) is 0 Å². The Labute approximate surface area is 159 Å². The van der Waals surface area contributed by atoms with Crippen LogP contribution in [0.15, 0.2) is 48.5 Å². The molecular formula is C21H23N3OS. The zero-order valence-electron chi connectivity index (χ0n) is 14.7. The van der Waals surface area contributed by atoms with Crippen molar-refractivity contribution < 1.29 is 4.79 Å². The van der Waals surface area contributed by atoms with Gasteiger partial charge in [-0.25, -0.2) is 0 Å². The van der Waals surface area contributed by atoms with E-state index in [4.69, 9.17) is 12.2 Å². The molecule has 4 rings (SSSR count). The molecule has 1 heterocycles. The van der Waals surface area contributed by atoms with Crippen LogP contribution in [0.3, 0.4) is 0 Å². The molecule has 1 atom stereocenters. The third-order valence-electron chi connectivity index (χ3n) is 5.19. The van der Waals surface area contributed by atoms with E-state index in [-0.39, 0.29) is 11.9 Å². The Balaban J connectivity index is 1.39. The Morgan fingerprint density at radius 3 is 2.62 bits per heavy atom. The third-order valence-corrected chi connectivity index (χ3v) is 5.40. The summed E-state index contributed by atoms with van der Waals surface area (Å²) in [6, 6.07) is 16.8. The number of amides is 1. The van der Waals surface area contributed by atoms with Gasteiger partial charge in [0, 0.05) is 24.3 Å². The van der Waals surface area contributed by atoms with Gasteiger partial charge < -0.3 is 15.5 Å². The summed E-state index contributed by atoms with van der Waals surface area (Å²) in [5, 5.41) is 7.36. The lowest BCUT2D eigenvalue weighted by atomic mass is 9.88. The summed E-state index contributed by atoms with van der Waals surface area (Å²) in [6.07, 6.45) is 5.00. The molecule has 134 valence electrons. The second-order valence-electron chi connectivity index (χ2n) is 6.94. The standard InChI is InChI=1S/C21H23N3OS/c25-20-9-4-14-24(20)17-12-10-16(11-13-17)22-21(26)23-19-8-3-6-15-5-1-2-7-18(15)19/h1-2,5,7,10-13,19H,3-4,6,8-9,14H2,(H2,22,23,26)/t19-/m1/s1. The normalized spacial score (nSPS) is 19.2. The van der Waals surface area contributed by atoms with Crippen LogP contribution in [-0.4, -0.2) is 17.6 Å². The molecular weight excluding hydrogens is 342 g/mol. The average molecular weight is 366 g/mol. The summed E-state index contributed by atoms with van der Waals surface area (Å²) in [6.45, 7) is 0.812. The van der Waals surface area contributed by atoms with Gasteiger partial charge in [-0.3, -0.25) is 4.79 Å². The SMILES string of the molecule is O=C1CCCN1c1ccc(NC(=S)N[C@@H]2CCCc3ccccc32)cc1. The minimum atomic E-state index is 0.207. The monoisotopic (exact) mass is 365 g/mol. The van der Waals surface area contributed by atoms with Gasteiger partial charge in [0.25, 0.3) is 0 Å². The van der Waals surface area contributed by atoms with Crippen LogP contribution in [-0.2, 0) is 11.2 Å². The minimum absolute atomic E-state index is 0.207. The van der Waals surface area contributed by atoms with Crippen LogP contribution in [0.5, 0.6) is 0 Å². The van der Waals surface area contributed by atoms with Gasteiger partial charge in [-0.2, -0.15) is 0 Å². The first-order valence-electron chi connectivity index (χ1n) is 9.26. The van der Waals surface area contributed by atoms with E-state index in [1.807, 2.05) is 29.2 Å². The molecule has 1 aliphatic heterocycles. The number of carbonyl (C=O) groups is 1. The third kappa shape index (κ3) is 3.58. The summed E-state index contributed by atoms with van der Waals surface area (Å²) in [4.78, 5) is 13.7. The molecule has 1 aliphatic carbocycles. The first kappa shape index (κ1) is 17.0. The van der Waals surface area contributed by atoms with Crippen LogP contribution in [0, 0.1) is 0 Å². The van der Waals surface area contributed by atoms with E-state index >= 15 is 0 Å². The minimum Gasteiger partial charge on any atom is -0.356 e. The van der Waals surface area contributed by atoms with Gasteiger partial charge in [-0.15, -0.1) is 0 Å². The highest BCUT2D eigenvalue weighted by atomic mass is 32.1. The van der Waals surface area contributed by atoms with Gasteiger partial charge in [0.2, 0.25) is 5.91 Å². The molecule has 0 spiro atoms. The lowest BCUT2D eigenvalue weighted by molar-refractivity contribution is -0.117. The molecule has 0 radical (unpaired) electrons. The summed E-state index contributed by atoms with van der Waals surface area (Å²) < 4.78 is 0. The van der Waals surface area contributed by atoms with E-state index in [0.29, 0.717) is 11.5 Å². The van der Waals surface area contributed by atoms with E-state index < -0.39 is 0 Å². The molecule has 1 saturated heterocycles. The lowest BCUT2D eigenvalue weighted by Gasteiger charge is -2.27. The van der Waals surface area contributed by atoms with Crippen LogP contribution in [0.2, 0.25) is 0 Å². The van der Waals surface area contributed by atoms with Crippen molar-refractivity contribution in [2.75, 3.05) is 16.8 Å². The number of hydrogen-bond donors (Lipinski definition) is 2. The second-order valence-corrected chi connectivity index (χ2v) is 7.35. The predicted molar refractivity (Wildman–Crippen MR) is 110 cm³/mol. The van der Waals surface area contributed by atoms with E-state index in [0.717, 1.165) is 37.2 Å². The molecule has 26 heavy (non-hydrogen) atoms. The number of hydrogen-bond acceptors (Lipinski definition) is 2. The lowest BCUT2D eigenvalue weighted by Crippen LogP contribution is -2.34. The quantitative estimate of drug-likeness (QED) is 0.801. The molecule has 0 aromatic heterocycles. The van der Waals surface area contributed by atoms with Gasteiger partial charge >= 0.3 is 0 Å². The number of fused-ring (bicyclic) bond motifs is 1. The number of rotatable bonds is 3. The van der Waals surface area contributed by atoms with Crippen LogP contribution in [0.4, 0.5) is 11.4 Å². The smallest absolute Gasteiger partial charge is 0.227 e. The highest BCUT2D eigenvalue weighted by Crippen LogP contribution is 2.29. The van der Waals surface area contributed by atoms with Crippen LogP contribution in [0.25, 0.3) is 0 Å². The van der Waals surface area contributed by atoms with Gasteiger partial charge in [0.05, 0.1) is 6.04 Å². The number of nitrogens with zero attached hydrogens (tertiary/aromatic N) is 1. The van der Waals surface area contributed by atoms with Crippen molar-refractivity contribution in [3.8, 4) is 0 Å². The largest absolute Gasteiger partial charge is 0.356 e. The summed E-state index contributed by atoms with van der Waals surface area (Å²) in [5.74, 6) is 0.207. The molecule has 2 aromatic rings. The molecule has 4 nitrogen and oxygen atoms in total. The molecule has 5 heteroatoms. The summed E-state index contributed by atoms with van der Waals surface area (Å²) in [7, 11) is 0. The van der Waals surface area contributed by atoms with Crippen molar-refractivity contribution in [3.05, 3.63) is 59.7 Å². The van der Waals surface area contributed by atoms with Crippen molar-refractivity contribution in [2.45, 2.75) is 38.1 Å². The fourth-order valence-electron chi connectivity index (χ4n) is 3.88. The van der Waals surface area contributed by atoms with Crippen LogP contribution < -0.4 is 15.5 Å². The van der Waals surface area contributed by atoms with E-state index in [9.17, 15) is 4.79 Å². The van der Waals surface area contributed by atoms with Crippen molar-refractivity contribution >= 4 is 34.6 Å². The Bertz CT molecular complexity index is 818. The number of nitrogens with one attached hydrogen (secondary N) is 2. The molecule has 2 aliphatic rings. The van der Waals surface area contributed by atoms with E-state index in [2.05, 4.69) is 34.9 Å². The fraction of sp³-hybridized carbons (Fsp3) is 0.333.